The van der Waals surface area contributed by atoms with Crippen molar-refractivity contribution in [1.82, 2.24) is 4.72 Å². The molecule has 3 N–H and O–H groups in total. The van der Waals surface area contributed by atoms with Gasteiger partial charge in [-0.25, -0.2) is 8.42 Å². The zero-order chi connectivity index (χ0) is 14.6. The van der Waals surface area contributed by atoms with Gasteiger partial charge >= 0.3 is 11.9 Å². The van der Waals surface area contributed by atoms with Crippen LogP contribution in [0.4, 0.5) is 0 Å². The van der Waals surface area contributed by atoms with E-state index in [2.05, 4.69) is 0 Å². The fourth-order valence-electron chi connectivity index (χ4n) is 1.19. The van der Waals surface area contributed by atoms with E-state index in [0.29, 0.717) is 0 Å². The molecule has 106 valence electrons. The van der Waals surface area contributed by atoms with Gasteiger partial charge in [0.1, 0.15) is 10.3 Å². The van der Waals surface area contributed by atoms with Crippen molar-refractivity contribution in [2.24, 2.45) is 0 Å². The van der Waals surface area contributed by atoms with Crippen molar-refractivity contribution >= 4 is 44.9 Å². The highest BCUT2D eigenvalue weighted by Gasteiger charge is 2.26. The first-order valence-electron chi connectivity index (χ1n) is 4.94. The highest BCUT2D eigenvalue weighted by Crippen LogP contribution is 2.25. The third-order valence-corrected chi connectivity index (χ3v) is 5.25. The Hall–Kier alpha value is -1.16. The monoisotopic (exact) mass is 327 g/mol. The number of carboxylic acid groups (broad SMARTS) is 2. The zero-order valence-corrected chi connectivity index (χ0v) is 11.8. The average Bonchev–Trinajstić information content (AvgIpc) is 2.71. The van der Waals surface area contributed by atoms with Crippen molar-refractivity contribution < 1.29 is 28.2 Å². The zero-order valence-electron chi connectivity index (χ0n) is 9.37. The second-order valence-electron chi connectivity index (χ2n) is 3.50. The minimum atomic E-state index is -4.02. The first-order valence-corrected chi connectivity index (χ1v) is 7.62. The van der Waals surface area contributed by atoms with Gasteiger partial charge in [0.25, 0.3) is 10.0 Å². The number of halogens is 1. The van der Waals surface area contributed by atoms with Gasteiger partial charge in [-0.15, -0.1) is 11.3 Å². The normalized spacial score (nSPS) is 13.1. The summed E-state index contributed by atoms with van der Waals surface area (Å²) in [6, 6.07) is 1.11. The Morgan fingerprint density at radius 2 is 2.00 bits per heavy atom. The summed E-state index contributed by atoms with van der Waals surface area (Å²) in [6.07, 6.45) is -0.798. The van der Waals surface area contributed by atoms with Crippen LogP contribution in [0.5, 0.6) is 0 Å². The number of aliphatic carboxylic acids is 2. The molecule has 0 aromatic carbocycles. The van der Waals surface area contributed by atoms with Gasteiger partial charge < -0.3 is 10.2 Å². The van der Waals surface area contributed by atoms with Crippen molar-refractivity contribution in [1.29, 1.82) is 0 Å². The van der Waals surface area contributed by atoms with Crippen molar-refractivity contribution in [3.63, 3.8) is 0 Å². The molecule has 0 aliphatic carbocycles. The van der Waals surface area contributed by atoms with E-state index in [1.165, 1.54) is 12.1 Å². The maximum atomic E-state index is 11.8. The van der Waals surface area contributed by atoms with Crippen molar-refractivity contribution in [3.8, 4) is 0 Å². The summed E-state index contributed by atoms with van der Waals surface area (Å²) in [5.41, 5.74) is 0. The summed E-state index contributed by atoms with van der Waals surface area (Å²) in [5.74, 6) is -2.64. The van der Waals surface area contributed by atoms with Gasteiger partial charge in [0.15, 0.2) is 0 Å². The highest BCUT2D eigenvalue weighted by molar-refractivity contribution is 7.91. The molecule has 0 spiro atoms. The van der Waals surface area contributed by atoms with E-state index < -0.39 is 34.4 Å². The maximum absolute atomic E-state index is 11.8. The van der Waals surface area contributed by atoms with E-state index in [1.807, 2.05) is 4.72 Å². The van der Waals surface area contributed by atoms with Gasteiger partial charge in [0, 0.05) is 6.42 Å². The number of hydrogen-bond acceptors (Lipinski definition) is 5. The molecule has 0 amide bonds. The molecule has 0 saturated carbocycles. The lowest BCUT2D eigenvalue weighted by molar-refractivity contribution is -0.140. The van der Waals surface area contributed by atoms with E-state index in [1.54, 1.807) is 0 Å². The predicted octanol–water partition coefficient (Wildman–Crippen LogP) is 0.998. The van der Waals surface area contributed by atoms with Crippen molar-refractivity contribution in [2.75, 3.05) is 0 Å². The second-order valence-corrected chi connectivity index (χ2v) is 7.16. The molecule has 10 heteroatoms. The Kier molecular flexibility index (Phi) is 5.29. The maximum Gasteiger partial charge on any atom is 0.321 e. The quantitative estimate of drug-likeness (QED) is 0.687. The predicted molar refractivity (Wildman–Crippen MR) is 67.9 cm³/mol. The van der Waals surface area contributed by atoms with Crippen LogP contribution in [-0.4, -0.2) is 36.6 Å². The fourth-order valence-corrected chi connectivity index (χ4v) is 3.91. The molecule has 7 nitrogen and oxygen atoms in total. The second kappa shape index (κ2) is 6.33. The van der Waals surface area contributed by atoms with Crippen LogP contribution in [0.1, 0.15) is 12.8 Å². The molecule has 0 bridgehead atoms. The van der Waals surface area contributed by atoms with Crippen LogP contribution >= 0.6 is 22.9 Å². The summed E-state index contributed by atoms with van der Waals surface area (Å²) >= 11 is 6.38. The van der Waals surface area contributed by atoms with E-state index in [9.17, 15) is 18.0 Å². The molecule has 0 unspecified atom stereocenters. The standard InChI is InChI=1S/C9H10ClNO6S2/c10-6-2-4-8(18-6)19(16,17)11-5(9(14)15)1-3-7(12)13/h2,4-5,11H,1,3H2,(H,12,13)(H,14,15)/t5-/m1/s1. The van der Waals surface area contributed by atoms with Gasteiger partial charge in [-0.1, -0.05) is 11.6 Å². The first-order chi connectivity index (χ1) is 8.72. The summed E-state index contributed by atoms with van der Waals surface area (Å²) in [4.78, 5) is 21.3. The Morgan fingerprint density at radius 3 is 2.42 bits per heavy atom. The lowest BCUT2D eigenvalue weighted by Gasteiger charge is -2.12. The molecule has 0 fully saturated rings. The van der Waals surface area contributed by atoms with Crippen LogP contribution in [-0.2, 0) is 19.6 Å². The molecule has 1 aromatic rings. The molecule has 0 aliphatic heterocycles. The van der Waals surface area contributed by atoms with E-state index in [-0.39, 0.29) is 15.0 Å². The van der Waals surface area contributed by atoms with Crippen molar-refractivity contribution in [3.05, 3.63) is 16.5 Å². The van der Waals surface area contributed by atoms with E-state index in [0.717, 1.165) is 11.3 Å². The third kappa shape index (κ3) is 4.78. The number of nitrogens with one attached hydrogen (secondary N) is 1. The number of thiophene rings is 1. The Bertz CT molecular complexity index is 581. The van der Waals surface area contributed by atoms with Gasteiger partial charge in [-0.3, -0.25) is 9.59 Å². The van der Waals surface area contributed by atoms with Crippen LogP contribution in [0.25, 0.3) is 0 Å². The average molecular weight is 328 g/mol. The number of carboxylic acids is 2. The van der Waals surface area contributed by atoms with Gasteiger partial charge in [0.2, 0.25) is 0 Å². The van der Waals surface area contributed by atoms with E-state index >= 15 is 0 Å². The first kappa shape index (κ1) is 15.9. The lowest BCUT2D eigenvalue weighted by Crippen LogP contribution is -2.40. The third-order valence-electron chi connectivity index (χ3n) is 2.06. The number of hydrogen-bond donors (Lipinski definition) is 3. The number of sulfonamides is 1. The Labute approximate surface area is 117 Å². The highest BCUT2D eigenvalue weighted by atomic mass is 35.5. The molecule has 1 aromatic heterocycles. The Morgan fingerprint density at radius 1 is 1.37 bits per heavy atom. The molecular formula is C9H10ClNO6S2. The van der Waals surface area contributed by atoms with Crippen LogP contribution in [0.2, 0.25) is 4.34 Å². The lowest BCUT2D eigenvalue weighted by atomic mass is 10.2. The van der Waals surface area contributed by atoms with E-state index in [4.69, 9.17) is 21.8 Å². The summed E-state index contributed by atoms with van der Waals surface area (Å²) in [5, 5.41) is 17.3. The topological polar surface area (TPSA) is 121 Å². The van der Waals surface area contributed by atoms with Crippen LogP contribution in [0, 0.1) is 0 Å². The minimum absolute atomic E-state index is 0.126. The molecule has 0 saturated heterocycles. The number of rotatable bonds is 7. The SMILES string of the molecule is O=C(O)CC[C@@H](NS(=O)(=O)c1ccc(Cl)s1)C(=O)O. The van der Waals surface area contributed by atoms with Gasteiger partial charge in [-0.05, 0) is 18.6 Å². The molecule has 1 atom stereocenters. The smallest absolute Gasteiger partial charge is 0.321 e. The summed E-state index contributed by atoms with van der Waals surface area (Å²) in [7, 11) is -4.02. The Balaban J connectivity index is 2.84. The molecular weight excluding hydrogens is 318 g/mol. The molecule has 1 rings (SSSR count). The molecule has 19 heavy (non-hydrogen) atoms. The largest absolute Gasteiger partial charge is 0.481 e. The van der Waals surface area contributed by atoms with Crippen LogP contribution < -0.4 is 4.72 Å². The van der Waals surface area contributed by atoms with Crippen LogP contribution in [0.15, 0.2) is 16.3 Å². The van der Waals surface area contributed by atoms with Crippen molar-refractivity contribution in [2.45, 2.75) is 23.1 Å². The van der Waals surface area contributed by atoms with Crippen LogP contribution in [0.3, 0.4) is 0 Å². The minimum Gasteiger partial charge on any atom is -0.481 e. The molecule has 0 radical (unpaired) electrons. The summed E-state index contributed by atoms with van der Waals surface area (Å²) < 4.78 is 25.7. The van der Waals surface area contributed by atoms with Gasteiger partial charge in [-0.2, -0.15) is 4.72 Å². The fraction of sp³-hybridized carbons (Fsp3) is 0.333. The molecule has 0 aliphatic rings. The summed E-state index contributed by atoms with van der Waals surface area (Å²) in [6.45, 7) is 0. The molecule has 1 heterocycles. The number of carbonyl (C=O) groups is 2. The van der Waals surface area contributed by atoms with Gasteiger partial charge in [0.05, 0.1) is 4.34 Å².